The highest BCUT2D eigenvalue weighted by atomic mass is 16.5. The number of carbonyl (C=O) groups is 1. The van der Waals surface area contributed by atoms with Crippen LogP contribution in [0.5, 0.6) is 0 Å². The zero-order valence-electron chi connectivity index (χ0n) is 19.9. The first-order valence-electron chi connectivity index (χ1n) is 10.9. The smallest absolute Gasteiger partial charge is 0.324 e. The van der Waals surface area contributed by atoms with Gasteiger partial charge in [-0.25, -0.2) is 9.79 Å². The maximum absolute atomic E-state index is 12.7. The molecule has 0 bridgehead atoms. The summed E-state index contributed by atoms with van der Waals surface area (Å²) >= 11 is 0. The lowest BCUT2D eigenvalue weighted by atomic mass is 9.94. The standard InChI is InChI=1S/C24H36N4O5/c1-6-20(33-14-13-31-4)15-18(2)19-7-8-21(32-5)17-26-22(25-16-19)27-23(29)28-11-9-24(3,30)10-12-28/h6-8,15,30H,1-2,9-14,16-17H2,3-5H3,(H2,25,26,27,29)/b19-7+,20-15+,21-8+. The summed E-state index contributed by atoms with van der Waals surface area (Å²) in [6.45, 7) is 12.2. The molecule has 0 aromatic heterocycles. The molecule has 9 nitrogen and oxygen atoms in total. The number of piperidine rings is 1. The van der Waals surface area contributed by atoms with Gasteiger partial charge in [-0.2, -0.15) is 0 Å². The largest absolute Gasteiger partial charge is 0.499 e. The van der Waals surface area contributed by atoms with Crippen molar-refractivity contribution in [1.82, 2.24) is 15.5 Å². The molecule has 33 heavy (non-hydrogen) atoms. The van der Waals surface area contributed by atoms with Crippen LogP contribution in [-0.4, -0.2) is 81.2 Å². The number of guanidine groups is 1. The van der Waals surface area contributed by atoms with Crippen LogP contribution in [0.15, 0.2) is 65.1 Å². The molecule has 0 saturated carbocycles. The van der Waals surface area contributed by atoms with Crippen molar-refractivity contribution in [2.24, 2.45) is 4.99 Å². The Labute approximate surface area is 196 Å². The second kappa shape index (κ2) is 12.9. The number of aliphatic hydroxyl groups is 1. The Balaban J connectivity index is 2.12. The monoisotopic (exact) mass is 460 g/mol. The van der Waals surface area contributed by atoms with Crippen molar-refractivity contribution in [3.63, 3.8) is 0 Å². The zero-order valence-corrected chi connectivity index (χ0v) is 19.9. The average Bonchev–Trinajstić information content (AvgIpc) is 2.89. The number of hydrogen-bond donors (Lipinski definition) is 3. The Morgan fingerprint density at radius 3 is 2.70 bits per heavy atom. The number of nitrogens with one attached hydrogen (secondary N) is 2. The molecule has 0 atom stereocenters. The molecule has 2 aliphatic rings. The molecule has 2 aliphatic heterocycles. The van der Waals surface area contributed by atoms with E-state index < -0.39 is 5.60 Å². The number of rotatable bonds is 8. The first-order valence-corrected chi connectivity index (χ1v) is 10.9. The van der Waals surface area contributed by atoms with Gasteiger partial charge in [-0.05, 0) is 49.1 Å². The molecule has 0 radical (unpaired) electrons. The summed E-state index contributed by atoms with van der Waals surface area (Å²) in [5, 5.41) is 16.1. The molecule has 2 amide bonds. The number of methoxy groups -OCH3 is 2. The van der Waals surface area contributed by atoms with Crippen LogP contribution in [0.1, 0.15) is 19.8 Å². The van der Waals surface area contributed by atoms with E-state index in [0.29, 0.717) is 68.7 Å². The Morgan fingerprint density at radius 1 is 1.33 bits per heavy atom. The molecule has 1 fully saturated rings. The maximum atomic E-state index is 12.7. The van der Waals surface area contributed by atoms with E-state index in [-0.39, 0.29) is 12.6 Å². The summed E-state index contributed by atoms with van der Waals surface area (Å²) in [6, 6.07) is -0.260. The lowest BCUT2D eigenvalue weighted by Crippen LogP contribution is -2.52. The number of allylic oxidation sites excluding steroid dienone is 4. The highest BCUT2D eigenvalue weighted by Crippen LogP contribution is 2.21. The molecule has 182 valence electrons. The van der Waals surface area contributed by atoms with Gasteiger partial charge in [0.15, 0.2) is 5.96 Å². The quantitative estimate of drug-likeness (QED) is 0.292. The summed E-state index contributed by atoms with van der Waals surface area (Å²) < 4.78 is 16.1. The van der Waals surface area contributed by atoms with Gasteiger partial charge in [0.05, 0.1) is 32.4 Å². The number of ether oxygens (including phenoxy) is 3. The Hall–Kier alpha value is -3.04. The zero-order chi connectivity index (χ0) is 24.3. The van der Waals surface area contributed by atoms with Gasteiger partial charge in [-0.3, -0.25) is 5.32 Å². The third-order valence-electron chi connectivity index (χ3n) is 5.41. The number of urea groups is 1. The molecule has 2 rings (SSSR count). The normalized spacial score (nSPS) is 22.0. The van der Waals surface area contributed by atoms with Crippen molar-refractivity contribution in [1.29, 1.82) is 0 Å². The minimum atomic E-state index is -0.728. The SMILES string of the molecule is C=C/C(=C\C(=C)/C1=C/C=C(/OC)CNC(NC(=O)N2CCC(C)(O)CC2)=NC1)OCCOC. The number of hydrogen-bond acceptors (Lipinski definition) is 7. The van der Waals surface area contributed by atoms with E-state index in [9.17, 15) is 9.90 Å². The number of carbonyl (C=O) groups excluding carboxylic acids is 1. The first kappa shape index (κ1) is 26.2. The van der Waals surface area contributed by atoms with E-state index in [1.165, 1.54) is 0 Å². The van der Waals surface area contributed by atoms with Crippen LogP contribution in [0.4, 0.5) is 4.79 Å². The van der Waals surface area contributed by atoms with Gasteiger partial charge in [0, 0.05) is 20.2 Å². The molecule has 9 heteroatoms. The predicted octanol–water partition coefficient (Wildman–Crippen LogP) is 2.25. The fraction of sp³-hybridized carbons (Fsp3) is 0.500. The average molecular weight is 461 g/mol. The summed E-state index contributed by atoms with van der Waals surface area (Å²) in [5.74, 6) is 1.58. The first-order chi connectivity index (χ1) is 15.8. The van der Waals surface area contributed by atoms with Gasteiger partial charge in [0.1, 0.15) is 18.1 Å². The van der Waals surface area contributed by atoms with E-state index >= 15 is 0 Å². The lowest BCUT2D eigenvalue weighted by molar-refractivity contribution is 0.00481. The highest BCUT2D eigenvalue weighted by Gasteiger charge is 2.30. The molecule has 0 aliphatic carbocycles. The van der Waals surface area contributed by atoms with Gasteiger partial charge in [-0.1, -0.05) is 19.2 Å². The van der Waals surface area contributed by atoms with Gasteiger partial charge in [0.25, 0.3) is 0 Å². The van der Waals surface area contributed by atoms with Gasteiger partial charge >= 0.3 is 6.03 Å². The second-order valence-electron chi connectivity index (χ2n) is 8.08. The Morgan fingerprint density at radius 2 is 2.06 bits per heavy atom. The van der Waals surface area contributed by atoms with Crippen molar-refractivity contribution < 1.29 is 24.1 Å². The Bertz CT molecular complexity index is 832. The van der Waals surface area contributed by atoms with E-state index in [1.807, 2.05) is 12.2 Å². The minimum Gasteiger partial charge on any atom is -0.499 e. The van der Waals surface area contributed by atoms with Crippen molar-refractivity contribution in [3.8, 4) is 0 Å². The van der Waals surface area contributed by atoms with Crippen molar-refractivity contribution in [2.75, 3.05) is 53.6 Å². The number of nitrogens with zero attached hydrogens (tertiary/aromatic N) is 2. The number of likely N-dealkylation sites (tertiary alicyclic amines) is 1. The lowest BCUT2D eigenvalue weighted by Gasteiger charge is -2.35. The van der Waals surface area contributed by atoms with E-state index in [2.05, 4.69) is 28.8 Å². The molecule has 0 aromatic carbocycles. The fourth-order valence-corrected chi connectivity index (χ4v) is 3.17. The van der Waals surface area contributed by atoms with Crippen LogP contribution in [0, 0.1) is 0 Å². The highest BCUT2D eigenvalue weighted by molar-refractivity contribution is 5.96. The molecule has 0 aromatic rings. The van der Waals surface area contributed by atoms with Gasteiger partial charge < -0.3 is 29.5 Å². The number of aliphatic imine (C=N–C) groups is 1. The van der Waals surface area contributed by atoms with Gasteiger partial charge in [-0.15, -0.1) is 0 Å². The number of amides is 2. The predicted molar refractivity (Wildman–Crippen MR) is 129 cm³/mol. The van der Waals surface area contributed by atoms with E-state index in [0.717, 1.165) is 5.57 Å². The molecule has 2 heterocycles. The third kappa shape index (κ3) is 8.78. The molecular formula is C24H36N4O5. The molecule has 1 saturated heterocycles. The fourth-order valence-electron chi connectivity index (χ4n) is 3.17. The summed E-state index contributed by atoms with van der Waals surface area (Å²) in [4.78, 5) is 18.9. The summed E-state index contributed by atoms with van der Waals surface area (Å²) in [7, 11) is 3.20. The van der Waals surface area contributed by atoms with Gasteiger partial charge in [0.2, 0.25) is 0 Å². The van der Waals surface area contributed by atoms with E-state index in [1.54, 1.807) is 38.2 Å². The molecular weight excluding hydrogens is 424 g/mol. The molecule has 0 unspecified atom stereocenters. The van der Waals surface area contributed by atoms with Crippen molar-refractivity contribution in [3.05, 3.63) is 60.1 Å². The second-order valence-corrected chi connectivity index (χ2v) is 8.08. The topological polar surface area (TPSA) is 105 Å². The minimum absolute atomic E-state index is 0.260. The van der Waals surface area contributed by atoms with Crippen LogP contribution in [0.3, 0.4) is 0 Å². The van der Waals surface area contributed by atoms with Crippen molar-refractivity contribution in [2.45, 2.75) is 25.4 Å². The maximum Gasteiger partial charge on any atom is 0.324 e. The summed E-state index contributed by atoms with van der Waals surface area (Å²) in [6.07, 6.45) is 8.19. The van der Waals surface area contributed by atoms with E-state index in [4.69, 9.17) is 14.2 Å². The van der Waals surface area contributed by atoms with Crippen LogP contribution in [-0.2, 0) is 14.2 Å². The Kier molecular flexibility index (Phi) is 10.2. The molecule has 0 spiro atoms. The van der Waals surface area contributed by atoms with Crippen LogP contribution < -0.4 is 10.6 Å². The summed E-state index contributed by atoms with van der Waals surface area (Å²) in [5.41, 5.74) is 0.792. The molecule has 3 N–H and O–H groups in total. The van der Waals surface area contributed by atoms with Crippen LogP contribution in [0.25, 0.3) is 0 Å². The van der Waals surface area contributed by atoms with Crippen LogP contribution in [0.2, 0.25) is 0 Å². The van der Waals surface area contributed by atoms with Crippen molar-refractivity contribution >= 4 is 12.0 Å². The van der Waals surface area contributed by atoms with Crippen LogP contribution >= 0.6 is 0 Å². The third-order valence-corrected chi connectivity index (χ3v) is 5.41.